The van der Waals surface area contributed by atoms with Crippen molar-refractivity contribution in [2.24, 2.45) is 0 Å². The Bertz CT molecular complexity index is 350. The van der Waals surface area contributed by atoms with Crippen LogP contribution >= 0.6 is 22.7 Å². The summed E-state index contributed by atoms with van der Waals surface area (Å²) in [4.78, 5) is 14.0. The first-order valence-corrected chi connectivity index (χ1v) is 7.07. The number of unbranched alkanes of at least 4 members (excludes halogenated alkanes) is 2. The predicted molar refractivity (Wildman–Crippen MR) is 63.7 cm³/mol. The molecule has 1 heterocycles. The Labute approximate surface area is 92.8 Å². The van der Waals surface area contributed by atoms with Gasteiger partial charge in [-0.05, 0) is 25.2 Å². The van der Waals surface area contributed by atoms with Gasteiger partial charge < -0.3 is 0 Å². The molecule has 0 saturated carbocycles. The van der Waals surface area contributed by atoms with E-state index < -0.39 is 0 Å². The Kier molecular flexibility index (Phi) is 3.39. The lowest BCUT2D eigenvalue weighted by molar-refractivity contribution is 0.567. The molecule has 1 aliphatic rings. The second-order valence-corrected chi connectivity index (χ2v) is 6.31. The molecule has 0 aliphatic heterocycles. The Morgan fingerprint density at radius 1 is 1.36 bits per heavy atom. The van der Waals surface area contributed by atoms with E-state index in [1.165, 1.54) is 64.5 Å². The molecule has 78 valence electrons. The van der Waals surface area contributed by atoms with E-state index in [0.717, 1.165) is 12.3 Å². The van der Waals surface area contributed by atoms with Gasteiger partial charge in [0.15, 0.2) is 0 Å². The van der Waals surface area contributed by atoms with Crippen LogP contribution in [0.1, 0.15) is 54.7 Å². The third-order valence-electron chi connectivity index (χ3n) is 2.92. The van der Waals surface area contributed by atoms with Gasteiger partial charge in [-0.15, -0.1) is 0 Å². The minimum Gasteiger partial charge on any atom is -0.265 e. The molecule has 1 nitrogen and oxygen atoms in total. The van der Waals surface area contributed by atoms with Gasteiger partial charge in [-0.3, -0.25) is 4.79 Å². The topological polar surface area (TPSA) is 17.1 Å². The molecule has 3 heteroatoms. The van der Waals surface area contributed by atoms with Crippen molar-refractivity contribution in [1.82, 2.24) is 0 Å². The zero-order valence-electron chi connectivity index (χ0n) is 8.54. The summed E-state index contributed by atoms with van der Waals surface area (Å²) in [7, 11) is 0. The maximum atomic E-state index is 11.2. The van der Waals surface area contributed by atoms with Crippen molar-refractivity contribution in [3.05, 3.63) is 18.6 Å². The summed E-state index contributed by atoms with van der Waals surface area (Å²) in [5, 5.41) is 0. The molecule has 0 aromatic carbocycles. The molecule has 0 amide bonds. The molecule has 1 aromatic heterocycles. The fourth-order valence-corrected chi connectivity index (χ4v) is 4.63. The number of rotatable bonds is 4. The van der Waals surface area contributed by atoms with Crippen LogP contribution in [0.2, 0.25) is 0 Å². The van der Waals surface area contributed by atoms with E-state index in [9.17, 15) is 4.79 Å². The smallest absolute Gasteiger partial charge is 0.265 e. The molecule has 0 fully saturated rings. The molecule has 14 heavy (non-hydrogen) atoms. The quantitative estimate of drug-likeness (QED) is 0.717. The summed E-state index contributed by atoms with van der Waals surface area (Å²) < 4.78 is 0.301. The Balaban J connectivity index is 1.99. The summed E-state index contributed by atoms with van der Waals surface area (Å²) in [6, 6.07) is 0. The molecule has 0 bridgehead atoms. The normalized spacial score (nSPS) is 19.9. The van der Waals surface area contributed by atoms with Crippen LogP contribution in [0.15, 0.2) is 4.79 Å². The zero-order valence-corrected chi connectivity index (χ0v) is 10.2. The highest BCUT2D eigenvalue weighted by Gasteiger charge is 2.25. The third-order valence-corrected chi connectivity index (χ3v) is 5.35. The number of hydrogen-bond acceptors (Lipinski definition) is 3. The van der Waals surface area contributed by atoms with E-state index in [0.29, 0.717) is 4.06 Å². The highest BCUT2D eigenvalue weighted by atomic mass is 32.2. The lowest BCUT2D eigenvalue weighted by Crippen LogP contribution is -1.92. The van der Waals surface area contributed by atoms with Crippen molar-refractivity contribution in [2.75, 3.05) is 0 Å². The van der Waals surface area contributed by atoms with Gasteiger partial charge in [-0.1, -0.05) is 48.9 Å². The summed E-state index contributed by atoms with van der Waals surface area (Å²) in [5.74, 6) is 0.723. The molecule has 1 aromatic rings. The second-order valence-electron chi connectivity index (χ2n) is 3.97. The molecule has 0 spiro atoms. The Hall–Kier alpha value is -0.150. The molecule has 1 atom stereocenters. The van der Waals surface area contributed by atoms with Crippen molar-refractivity contribution in [3.63, 3.8) is 0 Å². The van der Waals surface area contributed by atoms with E-state index in [1.54, 1.807) is 0 Å². The molecule has 0 radical (unpaired) electrons. The molecular weight excluding hydrogens is 212 g/mol. The van der Waals surface area contributed by atoms with Crippen LogP contribution in [0.25, 0.3) is 0 Å². The number of aryl methyl sites for hydroxylation is 1. The number of hydrogen-bond donors (Lipinski definition) is 0. The molecular formula is C11H16OS2. The average molecular weight is 228 g/mol. The molecule has 2 rings (SSSR count). The predicted octanol–water partition coefficient (Wildman–Crippen LogP) is 3.78. The number of fused-ring (bicyclic) bond motifs is 1. The van der Waals surface area contributed by atoms with Crippen LogP contribution in [0.5, 0.6) is 0 Å². The van der Waals surface area contributed by atoms with Gasteiger partial charge in [0.25, 0.3) is 4.06 Å². The van der Waals surface area contributed by atoms with Crippen molar-refractivity contribution in [2.45, 2.75) is 51.4 Å². The van der Waals surface area contributed by atoms with Gasteiger partial charge in [-0.25, -0.2) is 0 Å². The van der Waals surface area contributed by atoms with Crippen LogP contribution in [-0.2, 0) is 6.42 Å². The fraction of sp³-hybridized carbons (Fsp3) is 0.727. The minimum atomic E-state index is 0.301. The summed E-state index contributed by atoms with van der Waals surface area (Å²) in [5.41, 5.74) is 0. The maximum absolute atomic E-state index is 11.2. The third kappa shape index (κ3) is 2.09. The van der Waals surface area contributed by atoms with E-state index in [1.807, 2.05) is 0 Å². The van der Waals surface area contributed by atoms with Crippen LogP contribution in [0, 0.1) is 0 Å². The first kappa shape index (κ1) is 10.4. The van der Waals surface area contributed by atoms with Gasteiger partial charge in [-0.2, -0.15) is 0 Å². The average Bonchev–Trinajstić information content (AvgIpc) is 2.66. The summed E-state index contributed by atoms with van der Waals surface area (Å²) in [6.07, 6.45) is 7.71. The lowest BCUT2D eigenvalue weighted by Gasteiger charge is -2.07. The van der Waals surface area contributed by atoms with Crippen LogP contribution in [0.3, 0.4) is 0 Å². The van der Waals surface area contributed by atoms with Crippen molar-refractivity contribution in [3.8, 4) is 0 Å². The van der Waals surface area contributed by atoms with Gasteiger partial charge in [0.05, 0.1) is 0 Å². The lowest BCUT2D eigenvalue weighted by atomic mass is 10.0. The highest BCUT2D eigenvalue weighted by molar-refractivity contribution is 7.27. The SMILES string of the molecule is CCCCCC1CCc2sc(=O)sc21. The van der Waals surface area contributed by atoms with Gasteiger partial charge in [0.2, 0.25) is 0 Å². The highest BCUT2D eigenvalue weighted by Crippen LogP contribution is 2.40. The molecule has 1 aliphatic carbocycles. The molecule has 0 saturated heterocycles. The van der Waals surface area contributed by atoms with Crippen molar-refractivity contribution < 1.29 is 0 Å². The Morgan fingerprint density at radius 2 is 2.21 bits per heavy atom. The molecule has 0 N–H and O–H groups in total. The summed E-state index contributed by atoms with van der Waals surface area (Å²) >= 11 is 2.99. The Morgan fingerprint density at radius 3 is 3.00 bits per heavy atom. The van der Waals surface area contributed by atoms with Crippen molar-refractivity contribution in [1.29, 1.82) is 0 Å². The van der Waals surface area contributed by atoms with E-state index in [2.05, 4.69) is 6.92 Å². The van der Waals surface area contributed by atoms with Crippen LogP contribution in [0.4, 0.5) is 0 Å². The standard InChI is InChI=1S/C11H16OS2/c1-2-3-4-5-8-6-7-9-10(8)14-11(12)13-9/h8H,2-7H2,1H3. The van der Waals surface area contributed by atoms with Gasteiger partial charge in [0, 0.05) is 9.75 Å². The van der Waals surface area contributed by atoms with E-state index in [-0.39, 0.29) is 0 Å². The zero-order chi connectivity index (χ0) is 9.97. The van der Waals surface area contributed by atoms with E-state index >= 15 is 0 Å². The monoisotopic (exact) mass is 228 g/mol. The maximum Gasteiger partial charge on any atom is 0.287 e. The first-order chi connectivity index (χ1) is 6.81. The minimum absolute atomic E-state index is 0.301. The van der Waals surface area contributed by atoms with Crippen LogP contribution in [-0.4, -0.2) is 0 Å². The van der Waals surface area contributed by atoms with Crippen molar-refractivity contribution >= 4 is 22.7 Å². The van der Waals surface area contributed by atoms with Gasteiger partial charge >= 0.3 is 0 Å². The first-order valence-electron chi connectivity index (χ1n) is 5.44. The molecule has 1 unspecified atom stereocenters. The van der Waals surface area contributed by atoms with Crippen LogP contribution < -0.4 is 4.06 Å². The van der Waals surface area contributed by atoms with E-state index in [4.69, 9.17) is 0 Å². The summed E-state index contributed by atoms with van der Waals surface area (Å²) in [6.45, 7) is 2.24. The fourth-order valence-electron chi connectivity index (χ4n) is 2.16. The second kappa shape index (κ2) is 4.58. The van der Waals surface area contributed by atoms with Gasteiger partial charge in [0.1, 0.15) is 0 Å². The largest absolute Gasteiger partial charge is 0.287 e.